The lowest BCUT2D eigenvalue weighted by Crippen LogP contribution is -2.50. The molecule has 1 aliphatic carbocycles. The van der Waals surface area contributed by atoms with E-state index in [0.717, 1.165) is 25.9 Å². The zero-order valence-electron chi connectivity index (χ0n) is 10.5. The summed E-state index contributed by atoms with van der Waals surface area (Å²) in [4.78, 5) is 0. The van der Waals surface area contributed by atoms with E-state index in [4.69, 9.17) is 9.47 Å². The summed E-state index contributed by atoms with van der Waals surface area (Å²) in [6.07, 6.45) is 4.81. The Balaban J connectivity index is 2.12. The molecule has 1 heterocycles. The fraction of sp³-hybridized carbons (Fsp3) is 1.00. The van der Waals surface area contributed by atoms with E-state index >= 15 is 0 Å². The zero-order chi connectivity index (χ0) is 11.1. The van der Waals surface area contributed by atoms with Crippen LogP contribution < -0.4 is 0 Å². The quantitative estimate of drug-likeness (QED) is 0.613. The van der Waals surface area contributed by atoms with E-state index in [9.17, 15) is 0 Å². The predicted molar refractivity (Wildman–Crippen MR) is 60.6 cm³/mol. The van der Waals surface area contributed by atoms with Crippen LogP contribution in [0.5, 0.6) is 0 Å². The molecule has 1 saturated carbocycles. The van der Waals surface area contributed by atoms with Gasteiger partial charge in [-0.2, -0.15) is 0 Å². The first-order chi connectivity index (χ1) is 6.91. The van der Waals surface area contributed by atoms with Gasteiger partial charge < -0.3 is 9.47 Å². The SMILES string of the molecule is C[C@@H]1CC(C)(C)C[C@@]2(C1)OCC[C@@H](C)O2. The third-order valence-corrected chi connectivity index (χ3v) is 3.61. The molecule has 88 valence electrons. The van der Waals surface area contributed by atoms with Gasteiger partial charge in [0.05, 0.1) is 12.7 Å². The molecule has 3 atom stereocenters. The molecule has 0 aromatic carbocycles. The summed E-state index contributed by atoms with van der Waals surface area (Å²) in [5, 5.41) is 0. The molecule has 2 heteroatoms. The standard InChI is InChI=1S/C13H24O2/c1-10-7-12(3,4)9-13(8-10)14-6-5-11(2)15-13/h10-11H,5-9H2,1-4H3/t10-,11-,13+/m1/s1. The molecule has 1 saturated heterocycles. The Labute approximate surface area is 93.3 Å². The van der Waals surface area contributed by atoms with Gasteiger partial charge in [0, 0.05) is 12.8 Å². The van der Waals surface area contributed by atoms with Gasteiger partial charge in [-0.05, 0) is 31.1 Å². The van der Waals surface area contributed by atoms with Gasteiger partial charge in [0.25, 0.3) is 0 Å². The summed E-state index contributed by atoms with van der Waals surface area (Å²) < 4.78 is 12.1. The van der Waals surface area contributed by atoms with E-state index in [1.807, 2.05) is 0 Å². The van der Waals surface area contributed by atoms with Crippen molar-refractivity contribution >= 4 is 0 Å². The average molecular weight is 212 g/mol. The summed E-state index contributed by atoms with van der Waals surface area (Å²) >= 11 is 0. The highest BCUT2D eigenvalue weighted by atomic mass is 16.7. The molecule has 0 bridgehead atoms. The molecule has 0 N–H and O–H groups in total. The van der Waals surface area contributed by atoms with E-state index in [-0.39, 0.29) is 5.79 Å². The lowest BCUT2D eigenvalue weighted by atomic mass is 9.69. The molecule has 0 amide bonds. The molecule has 0 radical (unpaired) electrons. The van der Waals surface area contributed by atoms with E-state index in [1.165, 1.54) is 6.42 Å². The van der Waals surface area contributed by atoms with Gasteiger partial charge in [-0.15, -0.1) is 0 Å². The molecule has 2 fully saturated rings. The van der Waals surface area contributed by atoms with Gasteiger partial charge in [0.15, 0.2) is 5.79 Å². The van der Waals surface area contributed by atoms with Crippen LogP contribution in [0, 0.1) is 11.3 Å². The Hall–Kier alpha value is -0.0800. The zero-order valence-corrected chi connectivity index (χ0v) is 10.5. The lowest BCUT2D eigenvalue weighted by Gasteiger charge is -2.50. The molecule has 1 spiro atoms. The molecule has 2 aliphatic rings. The van der Waals surface area contributed by atoms with Gasteiger partial charge in [-0.25, -0.2) is 0 Å². The van der Waals surface area contributed by atoms with Crippen LogP contribution in [-0.4, -0.2) is 18.5 Å². The maximum atomic E-state index is 6.10. The van der Waals surface area contributed by atoms with Crippen molar-refractivity contribution in [1.82, 2.24) is 0 Å². The van der Waals surface area contributed by atoms with Gasteiger partial charge in [-0.3, -0.25) is 0 Å². The molecule has 1 aliphatic heterocycles. The Morgan fingerprint density at radius 2 is 1.87 bits per heavy atom. The number of hydrogen-bond acceptors (Lipinski definition) is 2. The molecule has 0 aromatic rings. The Kier molecular flexibility index (Phi) is 2.85. The van der Waals surface area contributed by atoms with Crippen molar-refractivity contribution in [3.8, 4) is 0 Å². The molecule has 15 heavy (non-hydrogen) atoms. The van der Waals surface area contributed by atoms with E-state index in [2.05, 4.69) is 27.7 Å². The predicted octanol–water partition coefficient (Wildman–Crippen LogP) is 3.35. The largest absolute Gasteiger partial charge is 0.350 e. The maximum absolute atomic E-state index is 6.10. The van der Waals surface area contributed by atoms with Crippen LogP contribution in [0.1, 0.15) is 53.4 Å². The molecule has 2 rings (SSSR count). The molecular weight excluding hydrogens is 188 g/mol. The summed E-state index contributed by atoms with van der Waals surface area (Å²) in [5.74, 6) is 0.442. The molecule has 0 aromatic heterocycles. The third-order valence-electron chi connectivity index (χ3n) is 3.61. The van der Waals surface area contributed by atoms with Crippen molar-refractivity contribution in [3.63, 3.8) is 0 Å². The summed E-state index contributed by atoms with van der Waals surface area (Å²) in [6.45, 7) is 10.0. The minimum absolute atomic E-state index is 0.265. The van der Waals surface area contributed by atoms with Crippen molar-refractivity contribution in [2.45, 2.75) is 65.3 Å². The van der Waals surface area contributed by atoms with Crippen LogP contribution in [0.3, 0.4) is 0 Å². The lowest BCUT2D eigenvalue weighted by molar-refractivity contribution is -0.318. The van der Waals surface area contributed by atoms with E-state index in [0.29, 0.717) is 17.4 Å². The minimum atomic E-state index is -0.265. The molecule has 2 nitrogen and oxygen atoms in total. The first kappa shape index (κ1) is 11.4. The van der Waals surface area contributed by atoms with Crippen LogP contribution >= 0.6 is 0 Å². The van der Waals surface area contributed by atoms with Crippen molar-refractivity contribution < 1.29 is 9.47 Å². The highest BCUT2D eigenvalue weighted by Gasteiger charge is 2.46. The Morgan fingerprint density at radius 3 is 2.47 bits per heavy atom. The Bertz CT molecular complexity index is 233. The summed E-state index contributed by atoms with van der Waals surface area (Å²) in [7, 11) is 0. The fourth-order valence-electron chi connectivity index (χ4n) is 3.49. The van der Waals surface area contributed by atoms with Gasteiger partial charge in [0.1, 0.15) is 0 Å². The number of rotatable bonds is 0. The van der Waals surface area contributed by atoms with Crippen molar-refractivity contribution in [1.29, 1.82) is 0 Å². The van der Waals surface area contributed by atoms with E-state index < -0.39 is 0 Å². The number of hydrogen-bond donors (Lipinski definition) is 0. The second-order valence-electron chi connectivity index (χ2n) is 6.33. The van der Waals surface area contributed by atoms with Crippen molar-refractivity contribution in [2.75, 3.05) is 6.61 Å². The number of ether oxygens (including phenoxy) is 2. The maximum Gasteiger partial charge on any atom is 0.169 e. The van der Waals surface area contributed by atoms with Crippen molar-refractivity contribution in [3.05, 3.63) is 0 Å². The summed E-state index contributed by atoms with van der Waals surface area (Å²) in [6, 6.07) is 0. The fourth-order valence-corrected chi connectivity index (χ4v) is 3.49. The first-order valence-corrected chi connectivity index (χ1v) is 6.23. The van der Waals surface area contributed by atoms with Crippen LogP contribution in [0.15, 0.2) is 0 Å². The molecular formula is C13H24O2. The summed E-state index contributed by atoms with van der Waals surface area (Å²) in [5.41, 5.74) is 0.356. The third kappa shape index (κ3) is 2.54. The van der Waals surface area contributed by atoms with Crippen LogP contribution in [0.2, 0.25) is 0 Å². The van der Waals surface area contributed by atoms with Crippen LogP contribution in [0.4, 0.5) is 0 Å². The first-order valence-electron chi connectivity index (χ1n) is 6.23. The molecule has 0 unspecified atom stereocenters. The average Bonchev–Trinajstić information content (AvgIpc) is 1.97. The highest BCUT2D eigenvalue weighted by Crippen LogP contribution is 2.47. The van der Waals surface area contributed by atoms with Gasteiger partial charge >= 0.3 is 0 Å². The topological polar surface area (TPSA) is 18.5 Å². The second-order valence-corrected chi connectivity index (χ2v) is 6.33. The normalized spacial score (nSPS) is 45.6. The van der Waals surface area contributed by atoms with Crippen LogP contribution in [-0.2, 0) is 9.47 Å². The second kappa shape index (κ2) is 3.74. The van der Waals surface area contributed by atoms with Crippen molar-refractivity contribution in [2.24, 2.45) is 11.3 Å². The smallest absolute Gasteiger partial charge is 0.169 e. The highest BCUT2D eigenvalue weighted by molar-refractivity contribution is 4.90. The van der Waals surface area contributed by atoms with Gasteiger partial charge in [-0.1, -0.05) is 20.8 Å². The Morgan fingerprint density at radius 1 is 1.13 bits per heavy atom. The van der Waals surface area contributed by atoms with E-state index in [1.54, 1.807) is 0 Å². The monoisotopic (exact) mass is 212 g/mol. The van der Waals surface area contributed by atoms with Crippen LogP contribution in [0.25, 0.3) is 0 Å². The van der Waals surface area contributed by atoms with Gasteiger partial charge in [0.2, 0.25) is 0 Å². The minimum Gasteiger partial charge on any atom is -0.350 e.